The normalized spacial score (nSPS) is 25.3. The summed E-state index contributed by atoms with van der Waals surface area (Å²) in [6, 6.07) is 8.06. The van der Waals surface area contributed by atoms with Crippen LogP contribution in [0, 0.1) is 6.92 Å². The molecule has 2 N–H and O–H groups in total. The number of nitrogens with zero attached hydrogens (tertiary/aromatic N) is 1. The summed E-state index contributed by atoms with van der Waals surface area (Å²) >= 11 is 0. The summed E-state index contributed by atoms with van der Waals surface area (Å²) in [5.41, 5.74) is 6.81. The van der Waals surface area contributed by atoms with E-state index in [0.717, 1.165) is 18.7 Å². The molecule has 1 atom stereocenters. The third-order valence-electron chi connectivity index (χ3n) is 3.81. The first-order valence-corrected chi connectivity index (χ1v) is 6.40. The van der Waals surface area contributed by atoms with Gasteiger partial charge in [-0.2, -0.15) is 0 Å². The molecule has 2 rings (SSSR count). The first kappa shape index (κ1) is 13.3. The molecular weight excluding hydrogens is 234 g/mol. The summed E-state index contributed by atoms with van der Waals surface area (Å²) in [4.78, 5) is 2.17. The lowest BCUT2D eigenvalue weighted by Gasteiger charge is -2.28. The molecule has 0 aromatic heterocycles. The Kier molecular flexibility index (Phi) is 3.85. The van der Waals surface area contributed by atoms with E-state index >= 15 is 0 Å². The van der Waals surface area contributed by atoms with E-state index in [1.54, 1.807) is 0 Å². The molecule has 1 aromatic rings. The maximum absolute atomic E-state index is 13.0. The van der Waals surface area contributed by atoms with Crippen molar-refractivity contribution in [3.8, 4) is 0 Å². The minimum Gasteiger partial charge on any atom is -0.371 e. The summed E-state index contributed by atoms with van der Waals surface area (Å²) in [5.74, 6) is 0. The van der Waals surface area contributed by atoms with Gasteiger partial charge in [0.2, 0.25) is 0 Å². The van der Waals surface area contributed by atoms with E-state index in [1.165, 1.54) is 5.56 Å². The number of nitrogens with two attached hydrogens (primary N) is 1. The average Bonchev–Trinajstić information content (AvgIpc) is 2.53. The van der Waals surface area contributed by atoms with Gasteiger partial charge in [0.15, 0.2) is 0 Å². The van der Waals surface area contributed by atoms with Gasteiger partial charge in [0.1, 0.15) is 0 Å². The molecule has 1 saturated heterocycles. The molecule has 2 nitrogen and oxygen atoms in total. The molecule has 1 aromatic carbocycles. The average molecular weight is 254 g/mol. The Hall–Kier alpha value is -1.16. The fourth-order valence-electron chi connectivity index (χ4n) is 2.56. The third kappa shape index (κ3) is 2.64. The number of rotatable bonds is 2. The highest BCUT2D eigenvalue weighted by Crippen LogP contribution is 2.29. The van der Waals surface area contributed by atoms with Crippen LogP contribution in [0.25, 0.3) is 0 Å². The van der Waals surface area contributed by atoms with E-state index in [0.29, 0.717) is 19.4 Å². The number of halogens is 2. The molecule has 0 amide bonds. The maximum Gasteiger partial charge on any atom is 0.256 e. The molecule has 1 heterocycles. The van der Waals surface area contributed by atoms with Crippen LogP contribution in [0.1, 0.15) is 24.8 Å². The lowest BCUT2D eigenvalue weighted by atomic mass is 9.92. The smallest absolute Gasteiger partial charge is 0.256 e. The predicted octanol–water partition coefficient (Wildman–Crippen LogP) is 2.95. The third-order valence-corrected chi connectivity index (χ3v) is 3.81. The van der Waals surface area contributed by atoms with Crippen molar-refractivity contribution < 1.29 is 8.78 Å². The number of para-hydroxylation sites is 1. The summed E-state index contributed by atoms with van der Waals surface area (Å²) in [5, 5.41) is 0. The Morgan fingerprint density at radius 3 is 2.61 bits per heavy atom. The first-order valence-electron chi connectivity index (χ1n) is 6.40. The van der Waals surface area contributed by atoms with Gasteiger partial charge in [-0.3, -0.25) is 0 Å². The lowest BCUT2D eigenvalue weighted by Crippen LogP contribution is -2.47. The van der Waals surface area contributed by atoms with Crippen LogP contribution in [-0.4, -0.2) is 25.1 Å². The molecule has 1 fully saturated rings. The molecule has 0 radical (unpaired) electrons. The highest BCUT2D eigenvalue weighted by molar-refractivity contribution is 5.53. The molecule has 0 saturated carbocycles. The topological polar surface area (TPSA) is 29.3 Å². The second kappa shape index (κ2) is 5.22. The SMILES string of the molecule is Cc1ccccc1N1CCCC(N)(C(F)F)CC1. The quantitative estimate of drug-likeness (QED) is 0.879. The van der Waals surface area contributed by atoms with Crippen LogP contribution in [-0.2, 0) is 0 Å². The standard InChI is InChI=1S/C14H20F2N2/c1-11-5-2-3-6-12(11)18-9-4-7-14(17,8-10-18)13(15)16/h2-3,5-6,13H,4,7-10,17H2,1H3. The second-order valence-electron chi connectivity index (χ2n) is 5.16. The van der Waals surface area contributed by atoms with Gasteiger partial charge in [-0.1, -0.05) is 18.2 Å². The zero-order valence-corrected chi connectivity index (χ0v) is 10.7. The van der Waals surface area contributed by atoms with Gasteiger partial charge in [-0.05, 0) is 37.8 Å². The van der Waals surface area contributed by atoms with Crippen molar-refractivity contribution in [1.82, 2.24) is 0 Å². The minimum atomic E-state index is -2.44. The van der Waals surface area contributed by atoms with E-state index in [-0.39, 0.29) is 0 Å². The van der Waals surface area contributed by atoms with Crippen molar-refractivity contribution in [2.75, 3.05) is 18.0 Å². The lowest BCUT2D eigenvalue weighted by molar-refractivity contribution is 0.0466. The fraction of sp³-hybridized carbons (Fsp3) is 0.571. The van der Waals surface area contributed by atoms with Crippen LogP contribution < -0.4 is 10.6 Å². The first-order chi connectivity index (χ1) is 8.53. The Balaban J connectivity index is 2.13. The van der Waals surface area contributed by atoms with Gasteiger partial charge in [-0.15, -0.1) is 0 Å². The highest BCUT2D eigenvalue weighted by Gasteiger charge is 2.37. The van der Waals surface area contributed by atoms with E-state index < -0.39 is 12.0 Å². The van der Waals surface area contributed by atoms with Crippen LogP contribution in [0.2, 0.25) is 0 Å². The van der Waals surface area contributed by atoms with Crippen molar-refractivity contribution in [2.45, 2.75) is 38.2 Å². The largest absolute Gasteiger partial charge is 0.371 e. The molecule has 0 aliphatic carbocycles. The van der Waals surface area contributed by atoms with Crippen LogP contribution >= 0.6 is 0 Å². The molecule has 0 spiro atoms. The summed E-state index contributed by atoms with van der Waals surface area (Å²) in [7, 11) is 0. The summed E-state index contributed by atoms with van der Waals surface area (Å²) < 4.78 is 25.9. The summed E-state index contributed by atoms with van der Waals surface area (Å²) in [6.45, 7) is 3.45. The number of aryl methyl sites for hydroxylation is 1. The van der Waals surface area contributed by atoms with E-state index in [2.05, 4.69) is 4.90 Å². The minimum absolute atomic E-state index is 0.346. The van der Waals surface area contributed by atoms with E-state index in [9.17, 15) is 8.78 Å². The molecule has 1 aliphatic rings. The predicted molar refractivity (Wildman–Crippen MR) is 70.2 cm³/mol. The van der Waals surface area contributed by atoms with Crippen LogP contribution in [0.15, 0.2) is 24.3 Å². The number of hydrogen-bond donors (Lipinski definition) is 1. The Labute approximate surface area is 107 Å². The van der Waals surface area contributed by atoms with Gasteiger partial charge in [-0.25, -0.2) is 8.78 Å². The zero-order chi connectivity index (χ0) is 13.2. The van der Waals surface area contributed by atoms with Crippen LogP contribution in [0.4, 0.5) is 14.5 Å². The van der Waals surface area contributed by atoms with Crippen molar-refractivity contribution >= 4 is 5.69 Å². The van der Waals surface area contributed by atoms with Gasteiger partial charge < -0.3 is 10.6 Å². The van der Waals surface area contributed by atoms with Gasteiger partial charge >= 0.3 is 0 Å². The Morgan fingerprint density at radius 2 is 1.94 bits per heavy atom. The van der Waals surface area contributed by atoms with Crippen molar-refractivity contribution in [3.63, 3.8) is 0 Å². The van der Waals surface area contributed by atoms with E-state index in [4.69, 9.17) is 5.73 Å². The molecule has 4 heteroatoms. The molecule has 1 unspecified atom stereocenters. The number of alkyl halides is 2. The summed E-state index contributed by atoms with van der Waals surface area (Å²) in [6.07, 6.45) is -0.976. The Morgan fingerprint density at radius 1 is 1.22 bits per heavy atom. The van der Waals surface area contributed by atoms with Crippen molar-refractivity contribution in [1.29, 1.82) is 0 Å². The number of benzene rings is 1. The monoisotopic (exact) mass is 254 g/mol. The zero-order valence-electron chi connectivity index (χ0n) is 10.7. The van der Waals surface area contributed by atoms with Crippen molar-refractivity contribution in [3.05, 3.63) is 29.8 Å². The van der Waals surface area contributed by atoms with Crippen LogP contribution in [0.3, 0.4) is 0 Å². The number of anilines is 1. The fourth-order valence-corrected chi connectivity index (χ4v) is 2.56. The van der Waals surface area contributed by atoms with Gasteiger partial charge in [0.05, 0.1) is 5.54 Å². The van der Waals surface area contributed by atoms with Crippen molar-refractivity contribution in [2.24, 2.45) is 5.73 Å². The maximum atomic E-state index is 13.0. The number of hydrogen-bond acceptors (Lipinski definition) is 2. The van der Waals surface area contributed by atoms with Gasteiger partial charge in [0.25, 0.3) is 6.43 Å². The molecule has 100 valence electrons. The second-order valence-corrected chi connectivity index (χ2v) is 5.16. The molecule has 18 heavy (non-hydrogen) atoms. The van der Waals surface area contributed by atoms with Crippen LogP contribution in [0.5, 0.6) is 0 Å². The van der Waals surface area contributed by atoms with Gasteiger partial charge in [0, 0.05) is 18.8 Å². The Bertz CT molecular complexity index is 409. The molecular formula is C14H20F2N2. The highest BCUT2D eigenvalue weighted by atomic mass is 19.3. The molecule has 1 aliphatic heterocycles. The molecule has 0 bridgehead atoms. The van der Waals surface area contributed by atoms with E-state index in [1.807, 2.05) is 31.2 Å².